The molecule has 0 saturated heterocycles. The van der Waals surface area contributed by atoms with Crippen molar-refractivity contribution >= 4 is 0 Å². The summed E-state index contributed by atoms with van der Waals surface area (Å²) in [7, 11) is 0. The minimum absolute atomic E-state index is 0.617. The minimum Gasteiger partial charge on any atom is -0.453 e. The number of aromatic nitrogens is 3. The summed E-state index contributed by atoms with van der Waals surface area (Å²) in [6, 6.07) is 13.2. The second-order valence-corrected chi connectivity index (χ2v) is 5.69. The van der Waals surface area contributed by atoms with Crippen LogP contribution in [0.3, 0.4) is 0 Å². The maximum absolute atomic E-state index is 8.92. The predicted octanol–water partition coefficient (Wildman–Crippen LogP) is 4.12. The van der Waals surface area contributed by atoms with Gasteiger partial charge in [-0.1, -0.05) is 19.9 Å². The van der Waals surface area contributed by atoms with E-state index in [2.05, 4.69) is 24.9 Å². The number of benzene rings is 1. The van der Waals surface area contributed by atoms with Crippen molar-refractivity contribution in [3.05, 3.63) is 71.3 Å². The molecule has 0 aliphatic heterocycles. The third-order valence-corrected chi connectivity index (χ3v) is 4.01. The number of hydrogen-bond acceptors (Lipinski definition) is 4. The lowest BCUT2D eigenvalue weighted by Crippen LogP contribution is -2.06. The van der Waals surface area contributed by atoms with Gasteiger partial charge in [-0.25, -0.2) is 0 Å². The molecule has 0 saturated carbocycles. The van der Waals surface area contributed by atoms with Crippen LogP contribution in [0.2, 0.25) is 0 Å². The average molecular weight is 332 g/mol. The molecule has 0 fully saturated rings. The summed E-state index contributed by atoms with van der Waals surface area (Å²) >= 11 is 0. The largest absolute Gasteiger partial charge is 0.453 e. The first-order chi connectivity index (χ1) is 12.2. The molecular formula is C20H20N4O. The molecule has 126 valence electrons. The van der Waals surface area contributed by atoms with Crippen LogP contribution < -0.4 is 4.74 Å². The van der Waals surface area contributed by atoms with Gasteiger partial charge in [0.1, 0.15) is 11.4 Å². The van der Waals surface area contributed by atoms with E-state index in [-0.39, 0.29) is 0 Å². The lowest BCUT2D eigenvalue weighted by Gasteiger charge is -2.09. The fraction of sp³-hybridized carbons (Fsp3) is 0.250. The number of pyridine rings is 1. The Kier molecular flexibility index (Phi) is 5.10. The molecule has 0 aliphatic carbocycles. The van der Waals surface area contributed by atoms with Gasteiger partial charge in [-0.3, -0.25) is 9.67 Å². The molecule has 1 aromatic carbocycles. The molecule has 0 bridgehead atoms. The summed E-state index contributed by atoms with van der Waals surface area (Å²) in [4.78, 5) is 4.17. The molecule has 0 amide bonds. The highest BCUT2D eigenvalue weighted by Gasteiger charge is 2.18. The van der Waals surface area contributed by atoms with Gasteiger partial charge in [-0.2, -0.15) is 10.4 Å². The van der Waals surface area contributed by atoms with Gasteiger partial charge in [0.15, 0.2) is 5.75 Å². The molecule has 2 aromatic heterocycles. The van der Waals surface area contributed by atoms with Crippen molar-refractivity contribution < 1.29 is 4.74 Å². The lowest BCUT2D eigenvalue weighted by atomic mass is 10.2. The van der Waals surface area contributed by atoms with Crippen molar-refractivity contribution in [2.45, 2.75) is 33.2 Å². The van der Waals surface area contributed by atoms with E-state index < -0.39 is 0 Å². The Bertz CT molecular complexity index is 877. The van der Waals surface area contributed by atoms with Crippen LogP contribution in [0.4, 0.5) is 0 Å². The van der Waals surface area contributed by atoms with E-state index in [4.69, 9.17) is 15.1 Å². The van der Waals surface area contributed by atoms with Crippen LogP contribution in [0.1, 0.15) is 36.4 Å². The first kappa shape index (κ1) is 16.7. The Morgan fingerprint density at radius 2 is 1.92 bits per heavy atom. The van der Waals surface area contributed by atoms with E-state index >= 15 is 0 Å². The molecule has 2 heterocycles. The van der Waals surface area contributed by atoms with Crippen molar-refractivity contribution in [1.29, 1.82) is 5.26 Å². The van der Waals surface area contributed by atoms with E-state index in [0.717, 1.165) is 35.5 Å². The van der Waals surface area contributed by atoms with Crippen LogP contribution in [0.15, 0.2) is 48.8 Å². The SMILES string of the molecule is CCc1nn(Cc2cccnc2)c(CC)c1Oc1ccc(C#N)cc1. The van der Waals surface area contributed by atoms with E-state index in [0.29, 0.717) is 17.9 Å². The molecule has 0 aliphatic rings. The van der Waals surface area contributed by atoms with Gasteiger partial charge in [-0.15, -0.1) is 0 Å². The highest BCUT2D eigenvalue weighted by molar-refractivity contribution is 5.41. The summed E-state index contributed by atoms with van der Waals surface area (Å²) < 4.78 is 8.13. The smallest absolute Gasteiger partial charge is 0.171 e. The Labute approximate surface area is 147 Å². The summed E-state index contributed by atoms with van der Waals surface area (Å²) in [6.07, 6.45) is 5.23. The van der Waals surface area contributed by atoms with Gasteiger partial charge < -0.3 is 4.74 Å². The van der Waals surface area contributed by atoms with Crippen LogP contribution in [-0.4, -0.2) is 14.8 Å². The molecule has 5 nitrogen and oxygen atoms in total. The molecule has 0 radical (unpaired) electrons. The van der Waals surface area contributed by atoms with Gasteiger partial charge in [0.25, 0.3) is 0 Å². The van der Waals surface area contributed by atoms with Crippen LogP contribution in [0.25, 0.3) is 0 Å². The third kappa shape index (κ3) is 3.69. The fourth-order valence-corrected chi connectivity index (χ4v) is 2.74. The average Bonchev–Trinajstić information content (AvgIpc) is 2.99. The molecule has 5 heteroatoms. The molecule has 0 spiro atoms. The van der Waals surface area contributed by atoms with E-state index in [1.807, 2.05) is 35.1 Å². The molecule has 3 aromatic rings. The van der Waals surface area contributed by atoms with E-state index in [1.54, 1.807) is 18.3 Å². The molecule has 0 unspecified atom stereocenters. The van der Waals surface area contributed by atoms with Gasteiger partial charge in [-0.05, 0) is 48.7 Å². The summed E-state index contributed by atoms with van der Waals surface area (Å²) in [5.74, 6) is 1.53. The van der Waals surface area contributed by atoms with Crippen molar-refractivity contribution in [2.24, 2.45) is 0 Å². The molecular weight excluding hydrogens is 312 g/mol. The Morgan fingerprint density at radius 3 is 2.52 bits per heavy atom. The van der Waals surface area contributed by atoms with Crippen molar-refractivity contribution in [2.75, 3.05) is 0 Å². The molecule has 25 heavy (non-hydrogen) atoms. The zero-order valence-electron chi connectivity index (χ0n) is 14.4. The maximum atomic E-state index is 8.92. The first-order valence-electron chi connectivity index (χ1n) is 8.40. The van der Waals surface area contributed by atoms with Crippen LogP contribution in [0, 0.1) is 11.3 Å². The van der Waals surface area contributed by atoms with Crippen molar-refractivity contribution in [1.82, 2.24) is 14.8 Å². The van der Waals surface area contributed by atoms with E-state index in [9.17, 15) is 0 Å². The molecule has 0 N–H and O–H groups in total. The molecule has 0 atom stereocenters. The summed E-state index contributed by atoms with van der Waals surface area (Å²) in [6.45, 7) is 4.84. The standard InChI is InChI=1S/C20H20N4O/c1-3-18-20(25-17-9-7-15(12-21)8-10-17)19(4-2)24(23-18)14-16-6-5-11-22-13-16/h5-11,13H,3-4,14H2,1-2H3. The normalized spacial score (nSPS) is 10.4. The second-order valence-electron chi connectivity index (χ2n) is 5.69. The zero-order valence-corrected chi connectivity index (χ0v) is 14.4. The van der Waals surface area contributed by atoms with Gasteiger partial charge in [0.2, 0.25) is 0 Å². The van der Waals surface area contributed by atoms with Crippen LogP contribution >= 0.6 is 0 Å². The summed E-state index contributed by atoms with van der Waals surface area (Å²) in [5.41, 5.74) is 3.72. The van der Waals surface area contributed by atoms with Gasteiger partial charge in [0, 0.05) is 12.4 Å². The zero-order chi connectivity index (χ0) is 17.6. The Balaban J connectivity index is 1.93. The number of rotatable bonds is 6. The highest BCUT2D eigenvalue weighted by Crippen LogP contribution is 2.31. The summed E-state index contributed by atoms with van der Waals surface area (Å²) in [5, 5.41) is 13.7. The third-order valence-electron chi connectivity index (χ3n) is 4.01. The quantitative estimate of drug-likeness (QED) is 0.681. The highest BCUT2D eigenvalue weighted by atomic mass is 16.5. The van der Waals surface area contributed by atoms with Gasteiger partial charge in [0.05, 0.1) is 23.9 Å². The number of aryl methyl sites for hydroxylation is 1. The number of hydrogen-bond donors (Lipinski definition) is 0. The number of nitrogens with zero attached hydrogens (tertiary/aromatic N) is 4. The van der Waals surface area contributed by atoms with Gasteiger partial charge >= 0.3 is 0 Å². The van der Waals surface area contributed by atoms with E-state index in [1.165, 1.54) is 0 Å². The van der Waals surface area contributed by atoms with Crippen molar-refractivity contribution in [3.63, 3.8) is 0 Å². The molecule has 3 rings (SSSR count). The predicted molar refractivity (Wildman–Crippen MR) is 95.6 cm³/mol. The topological polar surface area (TPSA) is 63.7 Å². The Hall–Kier alpha value is -3.13. The lowest BCUT2D eigenvalue weighted by molar-refractivity contribution is 0.469. The minimum atomic E-state index is 0.617. The monoisotopic (exact) mass is 332 g/mol. The Morgan fingerprint density at radius 1 is 1.12 bits per heavy atom. The first-order valence-corrected chi connectivity index (χ1v) is 8.40. The number of ether oxygens (including phenoxy) is 1. The van der Waals surface area contributed by atoms with Crippen LogP contribution in [-0.2, 0) is 19.4 Å². The maximum Gasteiger partial charge on any atom is 0.171 e. The number of nitriles is 1. The van der Waals surface area contributed by atoms with Crippen molar-refractivity contribution in [3.8, 4) is 17.6 Å². The fourth-order valence-electron chi connectivity index (χ4n) is 2.74. The van der Waals surface area contributed by atoms with Crippen LogP contribution in [0.5, 0.6) is 11.5 Å². The second kappa shape index (κ2) is 7.63.